The van der Waals surface area contributed by atoms with Gasteiger partial charge >= 0.3 is 0 Å². The monoisotopic (exact) mass is 284 g/mol. The minimum Gasteiger partial charge on any atom is -0.368 e. The minimum atomic E-state index is -0.697. The molecule has 19 heavy (non-hydrogen) atoms. The van der Waals surface area contributed by atoms with Gasteiger partial charge in [-0.15, -0.1) is 11.3 Å². The lowest BCUT2D eigenvalue weighted by molar-refractivity contribution is 0.578. The van der Waals surface area contributed by atoms with Gasteiger partial charge in [0.15, 0.2) is 23.3 Å². The first-order valence-corrected chi connectivity index (χ1v) is 6.85. The van der Waals surface area contributed by atoms with Crippen molar-refractivity contribution in [3.05, 3.63) is 34.3 Å². The van der Waals surface area contributed by atoms with Crippen LogP contribution in [0.25, 0.3) is 0 Å². The largest absolute Gasteiger partial charge is 0.368 e. The molecule has 0 aliphatic heterocycles. The first-order valence-electron chi connectivity index (χ1n) is 5.91. The SMILES string of the molecule is CCNc1nc(NCCc2cscn2)c(F)cc1F. The molecule has 2 rings (SSSR count). The quantitative estimate of drug-likeness (QED) is 0.856. The van der Waals surface area contributed by atoms with Gasteiger partial charge in [-0.3, -0.25) is 0 Å². The summed E-state index contributed by atoms with van der Waals surface area (Å²) in [6, 6.07) is 0.830. The number of hydrogen-bond donors (Lipinski definition) is 2. The van der Waals surface area contributed by atoms with Crippen molar-refractivity contribution in [1.82, 2.24) is 9.97 Å². The fraction of sp³-hybridized carbons (Fsp3) is 0.333. The van der Waals surface area contributed by atoms with E-state index < -0.39 is 11.6 Å². The summed E-state index contributed by atoms with van der Waals surface area (Å²) in [5, 5.41) is 7.52. The van der Waals surface area contributed by atoms with Crippen LogP contribution in [-0.4, -0.2) is 23.1 Å². The molecular formula is C12H14F2N4S. The molecule has 4 nitrogen and oxygen atoms in total. The van der Waals surface area contributed by atoms with Crippen LogP contribution in [0.3, 0.4) is 0 Å². The highest BCUT2D eigenvalue weighted by Crippen LogP contribution is 2.18. The zero-order valence-corrected chi connectivity index (χ0v) is 11.2. The lowest BCUT2D eigenvalue weighted by Gasteiger charge is -2.09. The van der Waals surface area contributed by atoms with Crippen molar-refractivity contribution < 1.29 is 8.78 Å². The molecule has 0 amide bonds. The summed E-state index contributed by atoms with van der Waals surface area (Å²) in [6.45, 7) is 2.83. The van der Waals surface area contributed by atoms with Gasteiger partial charge in [0.25, 0.3) is 0 Å². The molecule has 0 radical (unpaired) electrons. The summed E-state index contributed by atoms with van der Waals surface area (Å²) in [5.74, 6) is -1.28. The summed E-state index contributed by atoms with van der Waals surface area (Å²) in [5.41, 5.74) is 2.68. The normalized spacial score (nSPS) is 10.5. The van der Waals surface area contributed by atoms with E-state index in [1.807, 2.05) is 12.3 Å². The van der Waals surface area contributed by atoms with Crippen molar-refractivity contribution >= 4 is 23.0 Å². The lowest BCUT2D eigenvalue weighted by Crippen LogP contribution is -2.11. The van der Waals surface area contributed by atoms with Crippen LogP contribution in [0.2, 0.25) is 0 Å². The maximum absolute atomic E-state index is 13.5. The first-order chi connectivity index (χ1) is 9.20. The number of hydrogen-bond acceptors (Lipinski definition) is 5. The van der Waals surface area contributed by atoms with E-state index in [0.29, 0.717) is 19.5 Å². The number of pyridine rings is 1. The van der Waals surface area contributed by atoms with Gasteiger partial charge in [0.2, 0.25) is 0 Å². The highest BCUT2D eigenvalue weighted by atomic mass is 32.1. The Bertz CT molecular complexity index is 531. The molecule has 2 aromatic rings. The van der Waals surface area contributed by atoms with Crippen LogP contribution in [0, 0.1) is 11.6 Å². The Kier molecular flexibility index (Phi) is 4.62. The van der Waals surface area contributed by atoms with E-state index in [9.17, 15) is 8.78 Å². The molecule has 0 aromatic carbocycles. The van der Waals surface area contributed by atoms with E-state index in [1.165, 1.54) is 11.3 Å². The van der Waals surface area contributed by atoms with E-state index in [1.54, 1.807) is 5.51 Å². The second-order valence-electron chi connectivity index (χ2n) is 3.84. The first kappa shape index (κ1) is 13.7. The van der Waals surface area contributed by atoms with Gasteiger partial charge in [-0.1, -0.05) is 0 Å². The van der Waals surface area contributed by atoms with Gasteiger partial charge in [0, 0.05) is 31.0 Å². The van der Waals surface area contributed by atoms with Crippen molar-refractivity contribution in [1.29, 1.82) is 0 Å². The molecule has 0 spiro atoms. The highest BCUT2D eigenvalue weighted by Gasteiger charge is 2.11. The zero-order chi connectivity index (χ0) is 13.7. The van der Waals surface area contributed by atoms with Crippen LogP contribution in [0.15, 0.2) is 17.0 Å². The van der Waals surface area contributed by atoms with Gasteiger partial charge in [-0.2, -0.15) is 0 Å². The van der Waals surface area contributed by atoms with Crippen molar-refractivity contribution in [2.24, 2.45) is 0 Å². The lowest BCUT2D eigenvalue weighted by atomic mass is 10.3. The van der Waals surface area contributed by atoms with E-state index in [2.05, 4.69) is 20.6 Å². The Morgan fingerprint density at radius 3 is 2.58 bits per heavy atom. The fourth-order valence-corrected chi connectivity index (χ4v) is 2.14. The average Bonchev–Trinajstić information content (AvgIpc) is 2.88. The second kappa shape index (κ2) is 6.42. The molecule has 0 aliphatic carbocycles. The maximum Gasteiger partial charge on any atom is 0.168 e. The Labute approximate surface area is 113 Å². The second-order valence-corrected chi connectivity index (χ2v) is 4.55. The summed E-state index contributed by atoms with van der Waals surface area (Å²) in [4.78, 5) is 8.01. The molecule has 0 saturated heterocycles. The molecule has 2 aromatic heterocycles. The van der Waals surface area contributed by atoms with Crippen LogP contribution < -0.4 is 10.6 Å². The summed E-state index contributed by atoms with van der Waals surface area (Å²) in [7, 11) is 0. The van der Waals surface area contributed by atoms with Crippen molar-refractivity contribution in [3.8, 4) is 0 Å². The van der Waals surface area contributed by atoms with Crippen molar-refractivity contribution in [3.63, 3.8) is 0 Å². The number of rotatable bonds is 6. The maximum atomic E-state index is 13.5. The molecule has 0 bridgehead atoms. The average molecular weight is 284 g/mol. The number of nitrogens with zero attached hydrogens (tertiary/aromatic N) is 2. The number of aromatic nitrogens is 2. The number of thiazole rings is 1. The molecule has 2 N–H and O–H groups in total. The predicted octanol–water partition coefficient (Wildman–Crippen LogP) is 2.90. The molecule has 0 unspecified atom stereocenters. The van der Waals surface area contributed by atoms with Crippen LogP contribution in [0.5, 0.6) is 0 Å². The predicted molar refractivity (Wildman–Crippen MR) is 72.6 cm³/mol. The van der Waals surface area contributed by atoms with E-state index in [0.717, 1.165) is 11.8 Å². The van der Waals surface area contributed by atoms with Gasteiger partial charge < -0.3 is 10.6 Å². The highest BCUT2D eigenvalue weighted by molar-refractivity contribution is 7.07. The number of nitrogens with one attached hydrogen (secondary N) is 2. The van der Waals surface area contributed by atoms with E-state index in [4.69, 9.17) is 0 Å². The topological polar surface area (TPSA) is 49.8 Å². The molecule has 0 atom stereocenters. The number of anilines is 2. The molecule has 2 heterocycles. The van der Waals surface area contributed by atoms with Crippen molar-refractivity contribution in [2.75, 3.05) is 23.7 Å². The molecule has 7 heteroatoms. The van der Waals surface area contributed by atoms with E-state index in [-0.39, 0.29) is 11.6 Å². The Hall–Kier alpha value is -1.76. The van der Waals surface area contributed by atoms with Crippen LogP contribution >= 0.6 is 11.3 Å². The molecule has 0 fully saturated rings. The summed E-state index contributed by atoms with van der Waals surface area (Å²) < 4.78 is 26.9. The smallest absolute Gasteiger partial charge is 0.168 e. The van der Waals surface area contributed by atoms with Gasteiger partial charge in [-0.25, -0.2) is 18.7 Å². The van der Waals surface area contributed by atoms with Crippen LogP contribution in [0.1, 0.15) is 12.6 Å². The van der Waals surface area contributed by atoms with Crippen molar-refractivity contribution in [2.45, 2.75) is 13.3 Å². The van der Waals surface area contributed by atoms with E-state index >= 15 is 0 Å². The molecular weight excluding hydrogens is 270 g/mol. The molecule has 102 valence electrons. The zero-order valence-electron chi connectivity index (χ0n) is 10.4. The number of halogens is 2. The van der Waals surface area contributed by atoms with Crippen LogP contribution in [-0.2, 0) is 6.42 Å². The minimum absolute atomic E-state index is 0.0487. The third kappa shape index (κ3) is 3.60. The van der Waals surface area contributed by atoms with Gasteiger partial charge in [-0.05, 0) is 6.92 Å². The Morgan fingerprint density at radius 1 is 1.21 bits per heavy atom. The third-order valence-corrected chi connectivity index (χ3v) is 3.07. The van der Waals surface area contributed by atoms with Gasteiger partial charge in [0.05, 0.1) is 11.2 Å². The fourth-order valence-electron chi connectivity index (χ4n) is 1.55. The summed E-state index contributed by atoms with van der Waals surface area (Å²) >= 11 is 1.51. The van der Waals surface area contributed by atoms with Gasteiger partial charge in [0.1, 0.15) is 0 Å². The standard InChI is InChI=1S/C12H14F2N4S/c1-2-15-11-9(13)5-10(14)12(18-11)16-4-3-8-6-19-7-17-8/h5-7H,2-4H2,1H3,(H2,15,16,18). The Morgan fingerprint density at radius 2 is 1.95 bits per heavy atom. The third-order valence-electron chi connectivity index (χ3n) is 2.43. The Balaban J connectivity index is 2.00. The molecule has 0 saturated carbocycles. The molecule has 0 aliphatic rings. The van der Waals surface area contributed by atoms with Crippen LogP contribution in [0.4, 0.5) is 20.4 Å². The summed E-state index contributed by atoms with van der Waals surface area (Å²) in [6.07, 6.45) is 0.665.